The van der Waals surface area contributed by atoms with E-state index in [1.165, 1.54) is 0 Å². The molecule has 5 heterocycles. The molecule has 158 valence electrons. The van der Waals surface area contributed by atoms with Crippen molar-refractivity contribution in [1.82, 2.24) is 29.2 Å². The number of fused-ring (bicyclic) bond motifs is 1. The Bertz CT molecular complexity index is 1180. The highest BCUT2D eigenvalue weighted by Gasteiger charge is 2.19. The minimum Gasteiger partial charge on any atom is -0.378 e. The molecule has 1 unspecified atom stereocenters. The van der Waals surface area contributed by atoms with Gasteiger partial charge in [-0.3, -0.25) is 18.7 Å². The Kier molecular flexibility index (Phi) is 5.32. The first-order valence-corrected chi connectivity index (χ1v) is 10.3. The van der Waals surface area contributed by atoms with E-state index in [9.17, 15) is 4.79 Å². The number of carbonyl (C=O) groups excluding carboxylic acids is 1. The molecule has 1 aliphatic heterocycles. The molecule has 4 aromatic rings. The fourth-order valence-corrected chi connectivity index (χ4v) is 3.70. The summed E-state index contributed by atoms with van der Waals surface area (Å²) in [5, 5.41) is 6.25. The summed E-state index contributed by atoms with van der Waals surface area (Å²) in [5.74, 6) is 0.456. The summed E-state index contributed by atoms with van der Waals surface area (Å²) in [6, 6.07) is 9.79. The van der Waals surface area contributed by atoms with Crippen molar-refractivity contribution < 1.29 is 9.53 Å². The van der Waals surface area contributed by atoms with Gasteiger partial charge in [0.1, 0.15) is 12.0 Å². The van der Waals surface area contributed by atoms with Crippen LogP contribution in [0.4, 0.5) is 5.69 Å². The molecule has 0 spiro atoms. The molecule has 1 saturated heterocycles. The van der Waals surface area contributed by atoms with Crippen LogP contribution in [0, 0.1) is 0 Å². The molecule has 2 N–H and O–H groups in total. The van der Waals surface area contributed by atoms with Gasteiger partial charge in [0.15, 0.2) is 0 Å². The minimum absolute atomic E-state index is 0.0946. The van der Waals surface area contributed by atoms with Crippen molar-refractivity contribution in [2.24, 2.45) is 0 Å². The fourth-order valence-electron chi connectivity index (χ4n) is 3.70. The summed E-state index contributed by atoms with van der Waals surface area (Å²) in [5.41, 5.74) is 3.14. The molecular formula is C22H23N7O2. The van der Waals surface area contributed by atoms with E-state index in [0.717, 1.165) is 36.3 Å². The molecule has 1 fully saturated rings. The van der Waals surface area contributed by atoms with E-state index in [4.69, 9.17) is 9.72 Å². The van der Waals surface area contributed by atoms with E-state index in [1.54, 1.807) is 29.5 Å². The lowest BCUT2D eigenvalue weighted by atomic mass is 10.2. The van der Waals surface area contributed by atoms with Gasteiger partial charge in [-0.1, -0.05) is 6.07 Å². The van der Waals surface area contributed by atoms with Gasteiger partial charge in [-0.2, -0.15) is 0 Å². The van der Waals surface area contributed by atoms with Crippen molar-refractivity contribution in [2.45, 2.75) is 25.5 Å². The van der Waals surface area contributed by atoms with Gasteiger partial charge in [0.25, 0.3) is 5.91 Å². The second-order valence-corrected chi connectivity index (χ2v) is 7.42. The summed E-state index contributed by atoms with van der Waals surface area (Å²) in [6.07, 6.45) is 10.9. The highest BCUT2D eigenvalue weighted by Crippen LogP contribution is 2.18. The van der Waals surface area contributed by atoms with Gasteiger partial charge in [-0.05, 0) is 37.1 Å². The lowest BCUT2D eigenvalue weighted by Crippen LogP contribution is -2.31. The Balaban J connectivity index is 1.35. The number of anilines is 1. The lowest BCUT2D eigenvalue weighted by molar-refractivity contribution is 0.0854. The molecule has 31 heavy (non-hydrogen) atoms. The second-order valence-electron chi connectivity index (χ2n) is 7.42. The third kappa shape index (κ3) is 4.13. The number of pyridine rings is 2. The molecular weight excluding hydrogens is 394 g/mol. The van der Waals surface area contributed by atoms with Crippen LogP contribution in [0.5, 0.6) is 0 Å². The highest BCUT2D eigenvalue weighted by atomic mass is 16.5. The number of rotatable bonds is 7. The molecule has 1 amide bonds. The summed E-state index contributed by atoms with van der Waals surface area (Å²) in [7, 11) is 0. The first kappa shape index (κ1) is 19.3. The average Bonchev–Trinajstić information content (AvgIpc) is 3.57. The van der Waals surface area contributed by atoms with Gasteiger partial charge >= 0.3 is 0 Å². The molecule has 0 aromatic carbocycles. The number of carbonyl (C=O) groups is 1. The van der Waals surface area contributed by atoms with E-state index < -0.39 is 0 Å². The van der Waals surface area contributed by atoms with Crippen molar-refractivity contribution in [3.05, 3.63) is 72.8 Å². The smallest absolute Gasteiger partial charge is 0.271 e. The van der Waals surface area contributed by atoms with Gasteiger partial charge in [-0.15, -0.1) is 0 Å². The number of imidazole rings is 2. The summed E-state index contributed by atoms with van der Waals surface area (Å²) in [6.45, 7) is 1.81. The largest absolute Gasteiger partial charge is 0.378 e. The zero-order valence-corrected chi connectivity index (χ0v) is 16.9. The molecule has 5 rings (SSSR count). The van der Waals surface area contributed by atoms with Gasteiger partial charge in [0, 0.05) is 37.9 Å². The standard InChI is InChI=1S/C22H23N7O2/c30-21(25-12-17-6-4-10-31-17)19-14-28(15-26-19)22-27-18(20-7-1-2-9-29(20)22)13-24-16-5-3-8-23-11-16/h1-3,5,7-9,11,14-15,17,24H,4,6,10,12-13H2,(H,25,30). The molecule has 0 saturated carbocycles. The number of hydrogen-bond donors (Lipinski definition) is 2. The van der Waals surface area contributed by atoms with Crippen LogP contribution in [0.25, 0.3) is 11.5 Å². The maximum absolute atomic E-state index is 12.5. The van der Waals surface area contributed by atoms with Crippen molar-refractivity contribution in [1.29, 1.82) is 0 Å². The molecule has 9 nitrogen and oxygen atoms in total. The highest BCUT2D eigenvalue weighted by molar-refractivity contribution is 5.92. The predicted molar refractivity (Wildman–Crippen MR) is 115 cm³/mol. The minimum atomic E-state index is -0.214. The maximum Gasteiger partial charge on any atom is 0.271 e. The zero-order chi connectivity index (χ0) is 21.0. The van der Waals surface area contributed by atoms with Crippen molar-refractivity contribution >= 4 is 17.1 Å². The lowest BCUT2D eigenvalue weighted by Gasteiger charge is -2.09. The van der Waals surface area contributed by atoms with Crippen LogP contribution >= 0.6 is 0 Å². The Labute approximate surface area is 179 Å². The van der Waals surface area contributed by atoms with Crippen molar-refractivity contribution in [3.63, 3.8) is 0 Å². The third-order valence-corrected chi connectivity index (χ3v) is 5.29. The molecule has 1 atom stereocenters. The van der Waals surface area contributed by atoms with Crippen molar-refractivity contribution in [3.8, 4) is 5.95 Å². The summed E-state index contributed by atoms with van der Waals surface area (Å²) in [4.78, 5) is 25.7. The van der Waals surface area contributed by atoms with E-state index in [2.05, 4.69) is 20.6 Å². The van der Waals surface area contributed by atoms with Crippen LogP contribution in [0.1, 0.15) is 29.0 Å². The zero-order valence-electron chi connectivity index (χ0n) is 16.9. The van der Waals surface area contributed by atoms with E-state index in [-0.39, 0.29) is 12.0 Å². The fraction of sp³-hybridized carbons (Fsp3) is 0.273. The van der Waals surface area contributed by atoms with Gasteiger partial charge in [0.2, 0.25) is 5.95 Å². The molecule has 4 aromatic heterocycles. The normalized spacial score (nSPS) is 15.9. The van der Waals surface area contributed by atoms with Crippen LogP contribution in [-0.4, -0.2) is 49.1 Å². The van der Waals surface area contributed by atoms with Gasteiger partial charge in [0.05, 0.1) is 29.5 Å². The van der Waals surface area contributed by atoms with Crippen LogP contribution < -0.4 is 10.6 Å². The molecule has 1 aliphatic rings. The van der Waals surface area contributed by atoms with E-state index in [1.807, 2.05) is 40.9 Å². The van der Waals surface area contributed by atoms with E-state index >= 15 is 0 Å². The summed E-state index contributed by atoms with van der Waals surface area (Å²) < 4.78 is 9.30. The number of hydrogen-bond acceptors (Lipinski definition) is 6. The monoisotopic (exact) mass is 417 g/mol. The Morgan fingerprint density at radius 2 is 2.23 bits per heavy atom. The predicted octanol–water partition coefficient (Wildman–Crippen LogP) is 2.44. The number of nitrogens with one attached hydrogen (secondary N) is 2. The van der Waals surface area contributed by atoms with Crippen LogP contribution in [0.2, 0.25) is 0 Å². The van der Waals surface area contributed by atoms with E-state index in [0.29, 0.717) is 24.7 Å². The first-order chi connectivity index (χ1) is 15.3. The van der Waals surface area contributed by atoms with Crippen LogP contribution in [0.3, 0.4) is 0 Å². The Morgan fingerprint density at radius 1 is 1.26 bits per heavy atom. The van der Waals surface area contributed by atoms with Crippen molar-refractivity contribution in [2.75, 3.05) is 18.5 Å². The third-order valence-electron chi connectivity index (χ3n) is 5.29. The SMILES string of the molecule is O=C(NCC1CCCO1)c1cn(-c2nc(CNc3cccnc3)c3ccccn23)cn1. The molecule has 0 aliphatic carbocycles. The van der Waals surface area contributed by atoms with Crippen LogP contribution in [0.15, 0.2) is 61.4 Å². The second kappa shape index (κ2) is 8.57. The Morgan fingerprint density at radius 3 is 3.06 bits per heavy atom. The Hall–Kier alpha value is -3.72. The molecule has 9 heteroatoms. The summed E-state index contributed by atoms with van der Waals surface area (Å²) >= 11 is 0. The maximum atomic E-state index is 12.5. The molecule has 0 bridgehead atoms. The van der Waals surface area contributed by atoms with Gasteiger partial charge in [-0.25, -0.2) is 9.97 Å². The average molecular weight is 417 g/mol. The first-order valence-electron chi connectivity index (χ1n) is 10.3. The number of nitrogens with zero attached hydrogens (tertiary/aromatic N) is 5. The number of amides is 1. The van der Waals surface area contributed by atoms with Gasteiger partial charge < -0.3 is 15.4 Å². The number of ether oxygens (including phenoxy) is 1. The quantitative estimate of drug-likeness (QED) is 0.479. The topological polar surface area (TPSA) is 98.4 Å². The van der Waals surface area contributed by atoms with Crippen LogP contribution in [-0.2, 0) is 11.3 Å². The molecule has 0 radical (unpaired) electrons. The number of aromatic nitrogens is 5.